The molecule has 7 heteroatoms. The highest BCUT2D eigenvalue weighted by molar-refractivity contribution is 6.30. The Bertz CT molecular complexity index is 798. The van der Waals surface area contributed by atoms with Crippen LogP contribution in [0.2, 0.25) is 5.02 Å². The van der Waals surface area contributed by atoms with Crippen LogP contribution in [-0.4, -0.2) is 32.0 Å². The van der Waals surface area contributed by atoms with Gasteiger partial charge in [0.15, 0.2) is 0 Å². The molecule has 3 atom stereocenters. The zero-order valence-corrected chi connectivity index (χ0v) is 13.9. The van der Waals surface area contributed by atoms with Crippen molar-refractivity contribution in [3.05, 3.63) is 47.7 Å². The average Bonchev–Trinajstić information content (AvgIpc) is 3.24. The maximum absolute atomic E-state index is 10.3. The molecular weight excluding hydrogens is 328 g/mol. The molecule has 0 radical (unpaired) electrons. The number of nitrogens with one attached hydrogen (secondary N) is 1. The molecule has 2 N–H and O–H groups in total. The third kappa shape index (κ3) is 3.31. The first-order valence-corrected chi connectivity index (χ1v) is 8.47. The van der Waals surface area contributed by atoms with E-state index in [1.807, 2.05) is 23.0 Å². The number of rotatable bonds is 5. The van der Waals surface area contributed by atoms with Gasteiger partial charge in [-0.25, -0.2) is 0 Å². The monoisotopic (exact) mass is 346 g/mol. The SMILES string of the molecule is O[C@@H]1CC(Cn2cc(Cl)cn2)C[C@H]1NCc1cc2cnccc2o1. The molecule has 0 bridgehead atoms. The molecule has 0 saturated heterocycles. The van der Waals surface area contributed by atoms with Crippen LogP contribution in [0.5, 0.6) is 0 Å². The number of nitrogens with zero attached hydrogens (tertiary/aromatic N) is 3. The molecule has 1 aliphatic carbocycles. The number of hydrogen-bond acceptors (Lipinski definition) is 5. The summed E-state index contributed by atoms with van der Waals surface area (Å²) in [6.07, 6.45) is 8.27. The Morgan fingerprint density at radius 1 is 1.38 bits per heavy atom. The fourth-order valence-electron chi connectivity index (χ4n) is 3.45. The van der Waals surface area contributed by atoms with E-state index >= 15 is 0 Å². The molecule has 1 aliphatic rings. The predicted molar refractivity (Wildman–Crippen MR) is 90.6 cm³/mol. The lowest BCUT2D eigenvalue weighted by Gasteiger charge is -2.15. The molecule has 1 fully saturated rings. The van der Waals surface area contributed by atoms with Crippen LogP contribution >= 0.6 is 11.6 Å². The average molecular weight is 347 g/mol. The van der Waals surface area contributed by atoms with Crippen molar-refractivity contribution in [2.45, 2.75) is 38.1 Å². The summed E-state index contributed by atoms with van der Waals surface area (Å²) in [6, 6.07) is 3.90. The Morgan fingerprint density at radius 3 is 3.08 bits per heavy atom. The van der Waals surface area contributed by atoms with Crippen molar-refractivity contribution >= 4 is 22.6 Å². The van der Waals surface area contributed by atoms with Crippen molar-refractivity contribution in [3.8, 4) is 0 Å². The standard InChI is InChI=1S/C17H19ClN4O2/c18-13-7-21-22(10-13)9-11-3-15(16(23)4-11)20-8-14-5-12-6-19-2-1-17(12)24-14/h1-2,5-7,10-11,15-16,20,23H,3-4,8-9H2/t11?,15-,16-/m1/s1. The first kappa shape index (κ1) is 15.6. The third-order valence-electron chi connectivity index (χ3n) is 4.58. The number of furan rings is 1. The largest absolute Gasteiger partial charge is 0.460 e. The molecule has 3 heterocycles. The van der Waals surface area contributed by atoms with Gasteiger partial charge in [-0.3, -0.25) is 9.67 Å². The molecule has 1 saturated carbocycles. The molecule has 0 aliphatic heterocycles. The number of halogens is 1. The van der Waals surface area contributed by atoms with Crippen molar-refractivity contribution in [2.75, 3.05) is 0 Å². The smallest absolute Gasteiger partial charge is 0.137 e. The van der Waals surface area contributed by atoms with Crippen LogP contribution < -0.4 is 5.32 Å². The number of aliphatic hydroxyl groups is 1. The second kappa shape index (κ2) is 6.55. The third-order valence-corrected chi connectivity index (χ3v) is 4.77. The van der Waals surface area contributed by atoms with Crippen molar-refractivity contribution in [1.29, 1.82) is 0 Å². The van der Waals surface area contributed by atoms with Crippen LogP contribution in [-0.2, 0) is 13.1 Å². The number of aliphatic hydroxyl groups excluding tert-OH is 1. The molecular formula is C17H19ClN4O2. The molecule has 4 rings (SSSR count). The van der Waals surface area contributed by atoms with Gasteiger partial charge >= 0.3 is 0 Å². The van der Waals surface area contributed by atoms with E-state index in [9.17, 15) is 5.11 Å². The zero-order valence-electron chi connectivity index (χ0n) is 13.1. The Morgan fingerprint density at radius 2 is 2.29 bits per heavy atom. The maximum Gasteiger partial charge on any atom is 0.137 e. The van der Waals surface area contributed by atoms with Gasteiger partial charge in [-0.2, -0.15) is 5.10 Å². The normalized spacial score (nSPS) is 24.0. The van der Waals surface area contributed by atoms with Crippen molar-refractivity contribution < 1.29 is 9.52 Å². The second-order valence-electron chi connectivity index (χ2n) is 6.40. The molecule has 0 amide bonds. The van der Waals surface area contributed by atoms with Crippen molar-refractivity contribution in [1.82, 2.24) is 20.1 Å². The van der Waals surface area contributed by atoms with E-state index in [0.717, 1.165) is 36.1 Å². The van der Waals surface area contributed by atoms with Crippen LogP contribution in [0.1, 0.15) is 18.6 Å². The van der Waals surface area contributed by atoms with E-state index in [2.05, 4.69) is 15.4 Å². The molecule has 6 nitrogen and oxygen atoms in total. The minimum absolute atomic E-state index is 0.0624. The summed E-state index contributed by atoms with van der Waals surface area (Å²) in [5, 5.41) is 19.6. The molecule has 1 unspecified atom stereocenters. The van der Waals surface area contributed by atoms with E-state index in [1.165, 1.54) is 0 Å². The highest BCUT2D eigenvalue weighted by Crippen LogP contribution is 2.28. The van der Waals surface area contributed by atoms with Gasteiger partial charge in [-0.15, -0.1) is 0 Å². The predicted octanol–water partition coefficient (Wildman–Crippen LogP) is 2.61. The number of aromatic nitrogens is 3. The molecule has 3 aromatic heterocycles. The fraction of sp³-hybridized carbons (Fsp3) is 0.412. The van der Waals surface area contributed by atoms with E-state index in [4.69, 9.17) is 16.0 Å². The van der Waals surface area contributed by atoms with Gasteiger partial charge in [0, 0.05) is 36.6 Å². The number of fused-ring (bicyclic) bond motifs is 1. The quantitative estimate of drug-likeness (QED) is 0.742. The minimum Gasteiger partial charge on any atom is -0.460 e. The molecule has 0 aromatic carbocycles. The van der Waals surface area contributed by atoms with Crippen LogP contribution in [0.4, 0.5) is 0 Å². The fourth-order valence-corrected chi connectivity index (χ4v) is 3.60. The lowest BCUT2D eigenvalue weighted by atomic mass is 10.1. The highest BCUT2D eigenvalue weighted by Gasteiger charge is 2.33. The van der Waals surface area contributed by atoms with E-state index in [1.54, 1.807) is 18.6 Å². The number of hydrogen-bond donors (Lipinski definition) is 2. The minimum atomic E-state index is -0.355. The molecule has 24 heavy (non-hydrogen) atoms. The summed E-state index contributed by atoms with van der Waals surface area (Å²) >= 11 is 5.89. The van der Waals surface area contributed by atoms with Crippen molar-refractivity contribution in [2.24, 2.45) is 5.92 Å². The molecule has 0 spiro atoms. The van der Waals surface area contributed by atoms with Crippen LogP contribution in [0.25, 0.3) is 11.0 Å². The lowest BCUT2D eigenvalue weighted by molar-refractivity contribution is 0.144. The summed E-state index contributed by atoms with van der Waals surface area (Å²) in [6.45, 7) is 1.37. The van der Waals surface area contributed by atoms with Gasteiger partial charge in [0.05, 0.1) is 23.9 Å². The van der Waals surface area contributed by atoms with Crippen molar-refractivity contribution in [3.63, 3.8) is 0 Å². The van der Waals surface area contributed by atoms with Gasteiger partial charge in [-0.1, -0.05) is 11.6 Å². The van der Waals surface area contributed by atoms with Gasteiger partial charge in [0.2, 0.25) is 0 Å². The Labute approximate surface area is 144 Å². The van der Waals surface area contributed by atoms with Crippen LogP contribution in [0, 0.1) is 5.92 Å². The Balaban J connectivity index is 1.34. The highest BCUT2D eigenvalue weighted by atomic mass is 35.5. The molecule has 126 valence electrons. The Kier molecular flexibility index (Phi) is 4.26. The summed E-state index contributed by atoms with van der Waals surface area (Å²) in [5.41, 5.74) is 0.835. The Hall–Kier alpha value is -1.89. The van der Waals surface area contributed by atoms with Gasteiger partial charge in [0.1, 0.15) is 11.3 Å². The first-order chi connectivity index (χ1) is 11.7. The second-order valence-corrected chi connectivity index (χ2v) is 6.84. The van der Waals surface area contributed by atoms with Gasteiger partial charge in [0.25, 0.3) is 0 Å². The van der Waals surface area contributed by atoms with Gasteiger partial charge in [-0.05, 0) is 30.9 Å². The van der Waals surface area contributed by atoms with Crippen LogP contribution in [0.3, 0.4) is 0 Å². The maximum atomic E-state index is 10.3. The summed E-state index contributed by atoms with van der Waals surface area (Å²) < 4.78 is 7.62. The summed E-state index contributed by atoms with van der Waals surface area (Å²) in [4.78, 5) is 4.09. The first-order valence-electron chi connectivity index (χ1n) is 8.09. The van der Waals surface area contributed by atoms with E-state index < -0.39 is 0 Å². The summed E-state index contributed by atoms with van der Waals surface area (Å²) in [5.74, 6) is 1.24. The van der Waals surface area contributed by atoms with Gasteiger partial charge < -0.3 is 14.8 Å². The zero-order chi connectivity index (χ0) is 16.5. The number of pyridine rings is 1. The molecule has 3 aromatic rings. The lowest BCUT2D eigenvalue weighted by Crippen LogP contribution is -2.35. The topological polar surface area (TPSA) is 76.1 Å². The van der Waals surface area contributed by atoms with Crippen LogP contribution in [0.15, 0.2) is 41.3 Å². The summed E-state index contributed by atoms with van der Waals surface area (Å²) in [7, 11) is 0. The van der Waals surface area contributed by atoms with E-state index in [-0.39, 0.29) is 12.1 Å². The van der Waals surface area contributed by atoms with E-state index in [0.29, 0.717) is 17.5 Å².